The molecule has 6 nitrogen and oxygen atoms in total. The molecule has 2 rings (SSSR count). The van der Waals surface area contributed by atoms with E-state index in [0.717, 1.165) is 39.0 Å². The van der Waals surface area contributed by atoms with Crippen LogP contribution >= 0.6 is 0 Å². The maximum atomic E-state index is 12.2. The van der Waals surface area contributed by atoms with Crippen molar-refractivity contribution in [3.8, 4) is 0 Å². The lowest BCUT2D eigenvalue weighted by Gasteiger charge is -2.35. The zero-order chi connectivity index (χ0) is 14.6. The van der Waals surface area contributed by atoms with Crippen molar-refractivity contribution >= 4 is 10.0 Å². The van der Waals surface area contributed by atoms with Gasteiger partial charge in [-0.1, -0.05) is 0 Å². The topological polar surface area (TPSA) is 70.7 Å². The minimum atomic E-state index is -3.20. The highest BCUT2D eigenvalue weighted by atomic mass is 32.2. The Morgan fingerprint density at radius 1 is 1.35 bits per heavy atom. The molecule has 2 saturated heterocycles. The third-order valence-corrected chi connectivity index (χ3v) is 5.34. The molecule has 1 atom stereocenters. The molecule has 2 aliphatic heterocycles. The van der Waals surface area contributed by atoms with E-state index in [0.29, 0.717) is 13.2 Å². The Labute approximate surface area is 122 Å². The van der Waals surface area contributed by atoms with E-state index < -0.39 is 10.0 Å². The van der Waals surface area contributed by atoms with Gasteiger partial charge in [0, 0.05) is 45.4 Å². The van der Waals surface area contributed by atoms with E-state index in [9.17, 15) is 8.42 Å². The minimum absolute atomic E-state index is 0.00627. The number of rotatable bonds is 5. The van der Waals surface area contributed by atoms with E-state index in [1.54, 1.807) is 0 Å². The molecule has 0 bridgehead atoms. The molecule has 0 amide bonds. The number of hydrogen-bond donors (Lipinski definition) is 2. The summed E-state index contributed by atoms with van der Waals surface area (Å²) in [6.45, 7) is 9.01. The molecule has 0 saturated carbocycles. The molecule has 1 unspecified atom stereocenters. The fraction of sp³-hybridized carbons (Fsp3) is 1.00. The Balaban J connectivity index is 1.78. The van der Waals surface area contributed by atoms with Gasteiger partial charge in [-0.05, 0) is 26.7 Å². The molecule has 2 N–H and O–H groups in total. The lowest BCUT2D eigenvalue weighted by Crippen LogP contribution is -2.49. The maximum Gasteiger partial charge on any atom is 0.213 e. The first-order chi connectivity index (χ1) is 9.36. The molecule has 2 heterocycles. The van der Waals surface area contributed by atoms with Crippen molar-refractivity contribution in [2.24, 2.45) is 0 Å². The van der Waals surface area contributed by atoms with Crippen LogP contribution in [-0.2, 0) is 14.8 Å². The Morgan fingerprint density at radius 3 is 2.70 bits per heavy atom. The lowest BCUT2D eigenvalue weighted by atomic mass is 9.95. The Kier molecular flexibility index (Phi) is 5.42. The summed E-state index contributed by atoms with van der Waals surface area (Å²) in [6, 6.07) is 0.00627. The second-order valence-electron chi connectivity index (χ2n) is 6.33. The Morgan fingerprint density at radius 2 is 2.05 bits per heavy atom. The average molecular weight is 305 g/mol. The molecule has 0 aromatic carbocycles. The first-order valence-electron chi connectivity index (χ1n) is 7.43. The van der Waals surface area contributed by atoms with Crippen molar-refractivity contribution in [1.82, 2.24) is 14.9 Å². The van der Waals surface area contributed by atoms with Gasteiger partial charge in [-0.2, -0.15) is 0 Å². The van der Waals surface area contributed by atoms with Crippen LogP contribution in [0.5, 0.6) is 0 Å². The van der Waals surface area contributed by atoms with Crippen molar-refractivity contribution in [2.75, 3.05) is 45.1 Å². The molecule has 0 spiro atoms. The molecule has 0 aromatic rings. The third kappa shape index (κ3) is 5.29. The molecular weight excluding hydrogens is 278 g/mol. The summed E-state index contributed by atoms with van der Waals surface area (Å²) in [5.41, 5.74) is -0.232. The van der Waals surface area contributed by atoms with Gasteiger partial charge < -0.3 is 10.1 Å². The molecule has 0 aromatic heterocycles. The number of nitrogens with zero attached hydrogens (tertiary/aromatic N) is 1. The zero-order valence-corrected chi connectivity index (χ0v) is 13.3. The molecule has 0 radical (unpaired) electrons. The van der Waals surface area contributed by atoms with Crippen LogP contribution in [0.3, 0.4) is 0 Å². The SMILES string of the molecule is CC1(C)CC(NS(=O)(=O)CCN2CCNCC2)CCO1. The number of ether oxygens (including phenoxy) is 1. The van der Waals surface area contributed by atoms with E-state index in [2.05, 4.69) is 14.9 Å². The van der Waals surface area contributed by atoms with E-state index in [-0.39, 0.29) is 17.4 Å². The van der Waals surface area contributed by atoms with Gasteiger partial charge in [-0.3, -0.25) is 4.90 Å². The predicted octanol–water partition coefficient (Wildman–Crippen LogP) is -0.231. The highest BCUT2D eigenvalue weighted by Crippen LogP contribution is 2.24. The zero-order valence-electron chi connectivity index (χ0n) is 12.5. The summed E-state index contributed by atoms with van der Waals surface area (Å²) in [5.74, 6) is 0.185. The Bertz CT molecular complexity index is 405. The van der Waals surface area contributed by atoms with Crippen molar-refractivity contribution in [1.29, 1.82) is 0 Å². The van der Waals surface area contributed by atoms with E-state index in [4.69, 9.17) is 4.74 Å². The highest BCUT2D eigenvalue weighted by Gasteiger charge is 2.31. The highest BCUT2D eigenvalue weighted by molar-refractivity contribution is 7.89. The number of hydrogen-bond acceptors (Lipinski definition) is 5. The van der Waals surface area contributed by atoms with Crippen molar-refractivity contribution in [2.45, 2.75) is 38.3 Å². The molecule has 7 heteroatoms. The largest absolute Gasteiger partial charge is 0.375 e. The van der Waals surface area contributed by atoms with Gasteiger partial charge in [-0.25, -0.2) is 13.1 Å². The van der Waals surface area contributed by atoms with Gasteiger partial charge >= 0.3 is 0 Å². The quantitative estimate of drug-likeness (QED) is 0.734. The first kappa shape index (κ1) is 16.2. The van der Waals surface area contributed by atoms with E-state index in [1.807, 2.05) is 13.8 Å². The molecule has 2 aliphatic rings. The van der Waals surface area contributed by atoms with Crippen LogP contribution in [0.15, 0.2) is 0 Å². The summed E-state index contributed by atoms with van der Waals surface area (Å²) in [6.07, 6.45) is 1.50. The van der Waals surface area contributed by atoms with Crippen LogP contribution in [0.2, 0.25) is 0 Å². The molecule has 2 fully saturated rings. The summed E-state index contributed by atoms with van der Waals surface area (Å²) in [7, 11) is -3.20. The Hall–Kier alpha value is -0.210. The van der Waals surface area contributed by atoms with Gasteiger partial charge in [0.25, 0.3) is 0 Å². The van der Waals surface area contributed by atoms with Crippen LogP contribution in [0, 0.1) is 0 Å². The monoisotopic (exact) mass is 305 g/mol. The molecule has 20 heavy (non-hydrogen) atoms. The van der Waals surface area contributed by atoms with E-state index >= 15 is 0 Å². The maximum absolute atomic E-state index is 12.2. The van der Waals surface area contributed by atoms with Crippen LogP contribution in [-0.4, -0.2) is 70.0 Å². The summed E-state index contributed by atoms with van der Waals surface area (Å²) in [4.78, 5) is 2.20. The second kappa shape index (κ2) is 6.70. The fourth-order valence-corrected chi connectivity index (χ4v) is 4.15. The van der Waals surface area contributed by atoms with Gasteiger partial charge in [0.05, 0.1) is 11.4 Å². The van der Waals surface area contributed by atoms with Gasteiger partial charge in [-0.15, -0.1) is 0 Å². The lowest BCUT2D eigenvalue weighted by molar-refractivity contribution is -0.0599. The van der Waals surface area contributed by atoms with E-state index in [1.165, 1.54) is 0 Å². The van der Waals surface area contributed by atoms with Crippen LogP contribution in [0.4, 0.5) is 0 Å². The standard InChI is InChI=1S/C13H27N3O3S/c1-13(2)11-12(3-9-19-13)15-20(17,18)10-8-16-6-4-14-5-7-16/h12,14-15H,3-11H2,1-2H3. The minimum Gasteiger partial charge on any atom is -0.375 e. The first-order valence-corrected chi connectivity index (χ1v) is 9.09. The van der Waals surface area contributed by atoms with Gasteiger partial charge in [0.15, 0.2) is 0 Å². The average Bonchev–Trinajstić information content (AvgIpc) is 2.36. The number of piperazine rings is 1. The number of nitrogens with one attached hydrogen (secondary N) is 2. The third-order valence-electron chi connectivity index (χ3n) is 3.93. The summed E-state index contributed by atoms with van der Waals surface area (Å²) >= 11 is 0. The summed E-state index contributed by atoms with van der Waals surface area (Å²) < 4.78 is 32.8. The normalized spacial score (nSPS) is 28.4. The molecule has 118 valence electrons. The van der Waals surface area contributed by atoms with Crippen LogP contribution < -0.4 is 10.0 Å². The predicted molar refractivity (Wildman–Crippen MR) is 79.3 cm³/mol. The van der Waals surface area contributed by atoms with Crippen molar-refractivity contribution < 1.29 is 13.2 Å². The second-order valence-corrected chi connectivity index (χ2v) is 8.20. The number of sulfonamides is 1. The molecular formula is C13H27N3O3S. The van der Waals surface area contributed by atoms with Gasteiger partial charge in [0.2, 0.25) is 10.0 Å². The smallest absolute Gasteiger partial charge is 0.213 e. The fourth-order valence-electron chi connectivity index (χ4n) is 2.83. The molecule has 0 aliphatic carbocycles. The van der Waals surface area contributed by atoms with Crippen molar-refractivity contribution in [3.05, 3.63) is 0 Å². The summed E-state index contributed by atoms with van der Waals surface area (Å²) in [5, 5.41) is 3.27. The van der Waals surface area contributed by atoms with Crippen molar-refractivity contribution in [3.63, 3.8) is 0 Å². The van der Waals surface area contributed by atoms with Crippen LogP contribution in [0.1, 0.15) is 26.7 Å². The van der Waals surface area contributed by atoms with Crippen LogP contribution in [0.25, 0.3) is 0 Å². The van der Waals surface area contributed by atoms with Gasteiger partial charge in [0.1, 0.15) is 0 Å².